The number of nitrogens with two attached hydrogens (primary N) is 1. The summed E-state index contributed by atoms with van der Waals surface area (Å²) >= 11 is 5.88. The van der Waals surface area contributed by atoms with Crippen LogP contribution in [0.15, 0.2) is 12.1 Å². The van der Waals surface area contributed by atoms with E-state index in [9.17, 15) is 10.1 Å². The Balaban J connectivity index is 3.11. The lowest BCUT2D eigenvalue weighted by Crippen LogP contribution is -2.27. The van der Waals surface area contributed by atoms with Crippen molar-refractivity contribution in [3.63, 3.8) is 0 Å². The van der Waals surface area contributed by atoms with Crippen LogP contribution in [0.1, 0.15) is 11.1 Å². The summed E-state index contributed by atoms with van der Waals surface area (Å²) in [7, 11) is 0. The molecule has 0 bridgehead atoms. The van der Waals surface area contributed by atoms with Crippen LogP contribution in [0.4, 0.5) is 5.69 Å². The highest BCUT2D eigenvalue weighted by molar-refractivity contribution is 6.31. The first kappa shape index (κ1) is 12.9. The van der Waals surface area contributed by atoms with E-state index >= 15 is 0 Å². The molecule has 0 saturated heterocycles. The van der Waals surface area contributed by atoms with E-state index in [1.807, 2.05) is 0 Å². The average Bonchev–Trinajstić information content (AvgIpc) is 2.23. The molecule has 88 valence electrons. The number of non-ortho nitro benzene ring substituents is 1. The standard InChI is InChI=1S/C10H13ClN2O3/c1-6-7(2-8(12)5-14)3-9(13(15)16)4-10(6)11/h3-4,8,14H,2,5,12H2,1H3. The van der Waals surface area contributed by atoms with Gasteiger partial charge in [0.2, 0.25) is 0 Å². The highest BCUT2D eigenvalue weighted by Gasteiger charge is 2.14. The molecule has 1 atom stereocenters. The molecule has 3 N–H and O–H groups in total. The molecule has 0 radical (unpaired) electrons. The van der Waals surface area contributed by atoms with Gasteiger partial charge >= 0.3 is 0 Å². The van der Waals surface area contributed by atoms with Gasteiger partial charge < -0.3 is 10.8 Å². The number of halogens is 1. The zero-order valence-corrected chi connectivity index (χ0v) is 9.57. The van der Waals surface area contributed by atoms with Gasteiger partial charge in [0.1, 0.15) is 0 Å². The molecule has 5 nitrogen and oxygen atoms in total. The van der Waals surface area contributed by atoms with Gasteiger partial charge in [0, 0.05) is 18.2 Å². The van der Waals surface area contributed by atoms with Gasteiger partial charge in [0.05, 0.1) is 16.6 Å². The minimum Gasteiger partial charge on any atom is -0.395 e. The Morgan fingerprint density at radius 2 is 2.25 bits per heavy atom. The molecule has 0 aliphatic carbocycles. The van der Waals surface area contributed by atoms with Crippen molar-refractivity contribution in [2.45, 2.75) is 19.4 Å². The minimum absolute atomic E-state index is 0.0595. The number of hydrogen-bond donors (Lipinski definition) is 2. The molecular formula is C10H13ClN2O3. The first-order valence-electron chi connectivity index (χ1n) is 4.75. The molecule has 0 aromatic heterocycles. The summed E-state index contributed by atoms with van der Waals surface area (Å²) in [5.41, 5.74) is 6.98. The molecule has 0 aliphatic rings. The van der Waals surface area contributed by atoms with E-state index in [0.717, 1.165) is 5.56 Å². The van der Waals surface area contributed by atoms with Gasteiger partial charge in [-0.3, -0.25) is 10.1 Å². The van der Waals surface area contributed by atoms with Gasteiger partial charge in [-0.1, -0.05) is 11.6 Å². The van der Waals surface area contributed by atoms with Crippen LogP contribution in [0, 0.1) is 17.0 Å². The third-order valence-electron chi connectivity index (χ3n) is 2.36. The molecule has 0 fully saturated rings. The molecule has 0 spiro atoms. The number of aliphatic hydroxyl groups is 1. The Morgan fingerprint density at radius 3 is 2.75 bits per heavy atom. The van der Waals surface area contributed by atoms with Crippen LogP contribution >= 0.6 is 11.6 Å². The van der Waals surface area contributed by atoms with Gasteiger partial charge in [0.25, 0.3) is 5.69 Å². The minimum atomic E-state index is -0.501. The number of aliphatic hydroxyl groups excluding tert-OH is 1. The summed E-state index contributed by atoms with van der Waals surface area (Å²) in [6, 6.07) is 2.32. The van der Waals surface area contributed by atoms with Gasteiger partial charge in [-0.05, 0) is 24.5 Å². The Kier molecular flexibility index (Phi) is 4.23. The number of benzene rings is 1. The fourth-order valence-corrected chi connectivity index (χ4v) is 1.62. The highest BCUT2D eigenvalue weighted by atomic mass is 35.5. The molecule has 0 heterocycles. The molecule has 0 saturated carbocycles. The molecule has 1 unspecified atom stereocenters. The normalized spacial score (nSPS) is 12.5. The highest BCUT2D eigenvalue weighted by Crippen LogP contribution is 2.26. The van der Waals surface area contributed by atoms with Gasteiger partial charge in [-0.15, -0.1) is 0 Å². The lowest BCUT2D eigenvalue weighted by Gasteiger charge is -2.11. The van der Waals surface area contributed by atoms with Crippen LogP contribution in [0.2, 0.25) is 5.02 Å². The van der Waals surface area contributed by atoms with Crippen LogP contribution < -0.4 is 5.73 Å². The van der Waals surface area contributed by atoms with Crippen LogP contribution in [-0.2, 0) is 6.42 Å². The Bertz CT molecular complexity index is 409. The van der Waals surface area contributed by atoms with Crippen LogP contribution in [0.25, 0.3) is 0 Å². The Morgan fingerprint density at radius 1 is 1.62 bits per heavy atom. The summed E-state index contributed by atoms with van der Waals surface area (Å²) in [4.78, 5) is 10.1. The molecule has 1 aromatic carbocycles. The summed E-state index contributed by atoms with van der Waals surface area (Å²) in [6.07, 6.45) is 0.365. The monoisotopic (exact) mass is 244 g/mol. The van der Waals surface area contributed by atoms with E-state index < -0.39 is 11.0 Å². The fraction of sp³-hybridized carbons (Fsp3) is 0.400. The SMILES string of the molecule is Cc1c(Cl)cc([N+](=O)[O-])cc1CC(N)CO. The average molecular weight is 245 g/mol. The maximum absolute atomic E-state index is 10.6. The van der Waals surface area contributed by atoms with Crippen molar-refractivity contribution in [1.82, 2.24) is 0 Å². The van der Waals surface area contributed by atoms with E-state index in [1.165, 1.54) is 12.1 Å². The summed E-state index contributed by atoms with van der Waals surface area (Å²) in [6.45, 7) is 1.60. The number of nitro groups is 1. The predicted molar refractivity (Wildman–Crippen MR) is 61.6 cm³/mol. The van der Waals surface area contributed by atoms with E-state index in [4.69, 9.17) is 22.4 Å². The van der Waals surface area contributed by atoms with Crippen LogP contribution in [-0.4, -0.2) is 22.7 Å². The zero-order valence-electron chi connectivity index (χ0n) is 8.81. The molecule has 6 heteroatoms. The quantitative estimate of drug-likeness (QED) is 0.619. The van der Waals surface area contributed by atoms with E-state index in [1.54, 1.807) is 6.92 Å². The third kappa shape index (κ3) is 2.91. The van der Waals surface area contributed by atoms with Crippen LogP contribution in [0.5, 0.6) is 0 Å². The van der Waals surface area contributed by atoms with Crippen molar-refractivity contribution >= 4 is 17.3 Å². The lowest BCUT2D eigenvalue weighted by atomic mass is 10.0. The number of nitrogens with zero attached hydrogens (tertiary/aromatic N) is 1. The second-order valence-corrected chi connectivity index (χ2v) is 4.02. The third-order valence-corrected chi connectivity index (χ3v) is 2.76. The number of nitro benzene ring substituents is 1. The Hall–Kier alpha value is -1.17. The van der Waals surface area contributed by atoms with E-state index in [2.05, 4.69) is 0 Å². The first-order valence-corrected chi connectivity index (χ1v) is 5.13. The second-order valence-electron chi connectivity index (χ2n) is 3.62. The second kappa shape index (κ2) is 5.25. The lowest BCUT2D eigenvalue weighted by molar-refractivity contribution is -0.384. The van der Waals surface area contributed by atoms with Crippen molar-refractivity contribution < 1.29 is 10.0 Å². The van der Waals surface area contributed by atoms with Crippen molar-refractivity contribution in [2.24, 2.45) is 5.73 Å². The summed E-state index contributed by atoms with van der Waals surface area (Å²) in [5, 5.41) is 19.8. The van der Waals surface area contributed by atoms with Gasteiger partial charge in [-0.25, -0.2) is 0 Å². The molecular weight excluding hydrogens is 232 g/mol. The van der Waals surface area contributed by atoms with Gasteiger partial charge in [-0.2, -0.15) is 0 Å². The van der Waals surface area contributed by atoms with E-state index in [-0.39, 0.29) is 12.3 Å². The number of hydrogen-bond acceptors (Lipinski definition) is 4. The van der Waals surface area contributed by atoms with Crippen molar-refractivity contribution in [2.75, 3.05) is 6.61 Å². The topological polar surface area (TPSA) is 89.4 Å². The van der Waals surface area contributed by atoms with E-state index in [0.29, 0.717) is 17.0 Å². The summed E-state index contributed by atoms with van der Waals surface area (Å²) in [5.74, 6) is 0. The van der Waals surface area contributed by atoms with Crippen molar-refractivity contribution in [3.8, 4) is 0 Å². The maximum Gasteiger partial charge on any atom is 0.271 e. The fourth-order valence-electron chi connectivity index (χ4n) is 1.38. The molecule has 1 aromatic rings. The van der Waals surface area contributed by atoms with Crippen molar-refractivity contribution in [3.05, 3.63) is 38.4 Å². The largest absolute Gasteiger partial charge is 0.395 e. The number of rotatable bonds is 4. The maximum atomic E-state index is 10.6. The van der Waals surface area contributed by atoms with Gasteiger partial charge in [0.15, 0.2) is 0 Å². The smallest absolute Gasteiger partial charge is 0.271 e. The molecule has 1 rings (SSSR count). The Labute approximate surface area is 98.0 Å². The molecule has 0 amide bonds. The summed E-state index contributed by atoms with van der Waals surface area (Å²) < 4.78 is 0. The predicted octanol–water partition coefficient (Wildman–Crippen LogP) is 1.42. The van der Waals surface area contributed by atoms with Crippen molar-refractivity contribution in [1.29, 1.82) is 0 Å². The molecule has 0 aliphatic heterocycles. The zero-order chi connectivity index (χ0) is 12.3. The first-order chi connectivity index (χ1) is 7.45. The van der Waals surface area contributed by atoms with Crippen LogP contribution in [0.3, 0.4) is 0 Å². The molecule has 16 heavy (non-hydrogen) atoms.